The van der Waals surface area contributed by atoms with Gasteiger partial charge in [0.15, 0.2) is 0 Å². The molecule has 64 heavy (non-hydrogen) atoms. The molecule has 0 aliphatic rings. The maximum atomic E-state index is 2.53. The van der Waals surface area contributed by atoms with E-state index in [9.17, 15) is 0 Å². The molecule has 0 fully saturated rings. The summed E-state index contributed by atoms with van der Waals surface area (Å²) in [6.45, 7) is 0. The predicted octanol–water partition coefficient (Wildman–Crippen LogP) is 17.4. The fraction of sp³-hybridized carbons (Fsp3) is 0. The van der Waals surface area contributed by atoms with Crippen molar-refractivity contribution in [3.05, 3.63) is 243 Å². The van der Waals surface area contributed by atoms with Gasteiger partial charge in [-0.2, -0.15) is 0 Å². The van der Waals surface area contributed by atoms with Crippen molar-refractivity contribution in [2.24, 2.45) is 0 Å². The Bertz CT molecular complexity index is 3950. The van der Waals surface area contributed by atoms with E-state index in [0.29, 0.717) is 0 Å². The maximum Gasteiger partial charge on any atom is 0.0782 e. The molecule has 0 saturated heterocycles. The molecule has 0 amide bonds. The first-order valence-corrected chi connectivity index (χ1v) is 22.1. The number of fused-ring (bicyclic) bond motifs is 10. The summed E-state index contributed by atoms with van der Waals surface area (Å²) in [6.07, 6.45) is 0. The van der Waals surface area contributed by atoms with Crippen LogP contribution < -0.4 is 4.90 Å². The fourth-order valence-electron chi connectivity index (χ4n) is 10.6. The molecular formula is C62H40N2. The van der Waals surface area contributed by atoms with Crippen LogP contribution >= 0.6 is 0 Å². The van der Waals surface area contributed by atoms with Crippen molar-refractivity contribution in [1.82, 2.24) is 4.57 Å². The minimum atomic E-state index is 1.09. The average molecular weight is 813 g/mol. The Morgan fingerprint density at radius 1 is 0.281 bits per heavy atom. The molecule has 0 atom stereocenters. The summed E-state index contributed by atoms with van der Waals surface area (Å²) < 4.78 is 2.51. The van der Waals surface area contributed by atoms with Gasteiger partial charge in [0.05, 0.1) is 28.1 Å². The van der Waals surface area contributed by atoms with Gasteiger partial charge in [0, 0.05) is 27.2 Å². The molecule has 298 valence electrons. The summed E-state index contributed by atoms with van der Waals surface area (Å²) in [7, 11) is 0. The van der Waals surface area contributed by atoms with Crippen molar-refractivity contribution in [2.75, 3.05) is 4.90 Å². The molecule has 0 aliphatic carbocycles. The number of nitrogens with zero attached hydrogens (tertiary/aromatic N) is 2. The van der Waals surface area contributed by atoms with Crippen LogP contribution in [0.2, 0.25) is 0 Å². The molecule has 1 heterocycles. The number of benzene rings is 12. The van der Waals surface area contributed by atoms with Gasteiger partial charge < -0.3 is 9.47 Å². The highest BCUT2D eigenvalue weighted by Crippen LogP contribution is 2.50. The normalized spacial score (nSPS) is 11.8. The van der Waals surface area contributed by atoms with E-state index in [1.807, 2.05) is 0 Å². The van der Waals surface area contributed by atoms with Crippen molar-refractivity contribution >= 4 is 92.7 Å². The number of rotatable bonds is 6. The van der Waals surface area contributed by atoms with E-state index in [-0.39, 0.29) is 0 Å². The fourth-order valence-corrected chi connectivity index (χ4v) is 10.6. The first-order valence-electron chi connectivity index (χ1n) is 22.1. The Morgan fingerprint density at radius 2 is 0.781 bits per heavy atom. The molecule has 13 rings (SSSR count). The third kappa shape index (κ3) is 5.53. The van der Waals surface area contributed by atoms with Gasteiger partial charge in [-0.25, -0.2) is 0 Å². The largest absolute Gasteiger partial charge is 0.308 e. The van der Waals surface area contributed by atoms with Crippen LogP contribution in [0.4, 0.5) is 17.1 Å². The molecule has 13 aromatic rings. The number of hydrogen-bond donors (Lipinski definition) is 0. The highest BCUT2D eigenvalue weighted by atomic mass is 15.2. The van der Waals surface area contributed by atoms with Crippen molar-refractivity contribution in [3.8, 4) is 27.9 Å². The lowest BCUT2D eigenvalue weighted by Gasteiger charge is -2.29. The monoisotopic (exact) mass is 812 g/mol. The standard InChI is InChI=1S/C62H40N2/c1-3-20-43(21-4-1)60-53-29-12-11-27-49(53)50-39-37-45(40-55(50)61(60)44-22-5-2-6-23-44)63(57-34-16-30-48-46-25-9-7-19-42(46)36-38-52(48)57)59-35-17-31-54-51-28-13-14-32-58(51)64(62(54)59)56-33-15-24-41-18-8-10-26-47(41)56/h1-40H. The highest BCUT2D eigenvalue weighted by molar-refractivity contribution is 6.23. The quantitative estimate of drug-likeness (QED) is 0.152. The number of anilines is 3. The van der Waals surface area contributed by atoms with E-state index in [1.54, 1.807) is 0 Å². The van der Waals surface area contributed by atoms with E-state index in [4.69, 9.17) is 0 Å². The molecule has 0 unspecified atom stereocenters. The third-order valence-corrected chi connectivity index (χ3v) is 13.3. The van der Waals surface area contributed by atoms with Crippen LogP contribution in [0.1, 0.15) is 0 Å². The molecule has 1 aromatic heterocycles. The summed E-state index contributed by atoms with van der Waals surface area (Å²) in [5, 5.41) is 14.7. The van der Waals surface area contributed by atoms with Crippen LogP contribution in [0.15, 0.2) is 243 Å². The second-order valence-electron chi connectivity index (χ2n) is 16.8. The molecule has 0 spiro atoms. The zero-order chi connectivity index (χ0) is 42.1. The van der Waals surface area contributed by atoms with Crippen molar-refractivity contribution in [3.63, 3.8) is 0 Å². The smallest absolute Gasteiger partial charge is 0.0782 e. The lowest BCUT2D eigenvalue weighted by molar-refractivity contribution is 1.18. The van der Waals surface area contributed by atoms with Crippen molar-refractivity contribution in [2.45, 2.75) is 0 Å². The van der Waals surface area contributed by atoms with Gasteiger partial charge in [-0.1, -0.05) is 206 Å². The van der Waals surface area contributed by atoms with E-state index < -0.39 is 0 Å². The molecule has 12 aromatic carbocycles. The van der Waals surface area contributed by atoms with Gasteiger partial charge in [0.25, 0.3) is 0 Å². The van der Waals surface area contributed by atoms with Crippen LogP contribution in [-0.2, 0) is 0 Å². The molecule has 2 nitrogen and oxygen atoms in total. The molecular weight excluding hydrogens is 773 g/mol. The Kier molecular flexibility index (Phi) is 8.25. The zero-order valence-electron chi connectivity index (χ0n) is 35.0. The number of aromatic nitrogens is 1. The van der Waals surface area contributed by atoms with Crippen molar-refractivity contribution in [1.29, 1.82) is 0 Å². The Morgan fingerprint density at radius 3 is 1.55 bits per heavy atom. The van der Waals surface area contributed by atoms with E-state index >= 15 is 0 Å². The van der Waals surface area contributed by atoms with E-state index in [2.05, 4.69) is 252 Å². The van der Waals surface area contributed by atoms with Crippen LogP contribution in [0.25, 0.3) is 104 Å². The van der Waals surface area contributed by atoms with E-state index in [0.717, 1.165) is 28.3 Å². The summed E-state index contributed by atoms with van der Waals surface area (Å²) in [6, 6.07) is 89.3. The minimum Gasteiger partial charge on any atom is -0.308 e. The summed E-state index contributed by atoms with van der Waals surface area (Å²) in [5.41, 5.74) is 11.7. The summed E-state index contributed by atoms with van der Waals surface area (Å²) in [4.78, 5) is 2.53. The second kappa shape index (κ2) is 14.6. The highest BCUT2D eigenvalue weighted by Gasteiger charge is 2.25. The molecule has 2 heteroatoms. The Balaban J connectivity index is 1.20. The summed E-state index contributed by atoms with van der Waals surface area (Å²) >= 11 is 0. The van der Waals surface area contributed by atoms with Crippen LogP contribution in [-0.4, -0.2) is 4.57 Å². The Hall–Kier alpha value is -8.46. The number of para-hydroxylation sites is 2. The zero-order valence-corrected chi connectivity index (χ0v) is 35.0. The molecule has 0 bridgehead atoms. The third-order valence-electron chi connectivity index (χ3n) is 13.3. The molecule has 0 radical (unpaired) electrons. The Labute approximate surface area is 371 Å². The maximum absolute atomic E-state index is 2.53. The average Bonchev–Trinajstić information content (AvgIpc) is 3.71. The van der Waals surface area contributed by atoms with Gasteiger partial charge >= 0.3 is 0 Å². The predicted molar refractivity (Wildman–Crippen MR) is 274 cm³/mol. The van der Waals surface area contributed by atoms with Crippen molar-refractivity contribution < 1.29 is 0 Å². The number of hydrogen-bond acceptors (Lipinski definition) is 1. The first-order chi connectivity index (χ1) is 31.8. The topological polar surface area (TPSA) is 8.17 Å². The van der Waals surface area contributed by atoms with Gasteiger partial charge in [-0.3, -0.25) is 0 Å². The lowest BCUT2D eigenvalue weighted by Crippen LogP contribution is -2.12. The van der Waals surface area contributed by atoms with Crippen LogP contribution in [0, 0.1) is 0 Å². The van der Waals surface area contributed by atoms with Gasteiger partial charge in [-0.05, 0) is 102 Å². The van der Waals surface area contributed by atoms with Crippen LogP contribution in [0.3, 0.4) is 0 Å². The minimum absolute atomic E-state index is 1.09. The summed E-state index contributed by atoms with van der Waals surface area (Å²) in [5.74, 6) is 0. The molecule has 0 saturated carbocycles. The SMILES string of the molecule is c1ccc(-c2c(-c3ccccc3)c3cc(N(c4cccc5c4ccc4ccccc45)c4cccc5c6ccccc6n(-c6cccc7ccccc67)c45)ccc3c3ccccc23)cc1. The molecule has 0 aliphatic heterocycles. The van der Waals surface area contributed by atoms with Crippen LogP contribution in [0.5, 0.6) is 0 Å². The molecule has 0 N–H and O–H groups in total. The van der Waals surface area contributed by atoms with Gasteiger partial charge in [-0.15, -0.1) is 0 Å². The van der Waals surface area contributed by atoms with Gasteiger partial charge in [0.2, 0.25) is 0 Å². The lowest BCUT2D eigenvalue weighted by atomic mass is 9.85. The van der Waals surface area contributed by atoms with E-state index in [1.165, 1.54) is 92.4 Å². The second-order valence-corrected chi connectivity index (χ2v) is 16.8. The van der Waals surface area contributed by atoms with Gasteiger partial charge in [0.1, 0.15) is 0 Å². The first kappa shape index (κ1) is 36.2.